The summed E-state index contributed by atoms with van der Waals surface area (Å²) < 4.78 is 2.10. The highest BCUT2D eigenvalue weighted by Crippen LogP contribution is 2.29. The molecule has 0 spiro atoms. The van der Waals surface area contributed by atoms with E-state index >= 15 is 0 Å². The molecule has 1 aromatic rings. The van der Waals surface area contributed by atoms with Gasteiger partial charge >= 0.3 is 0 Å². The van der Waals surface area contributed by atoms with Gasteiger partial charge in [-0.3, -0.25) is 0 Å². The molecule has 2 rings (SSSR count). The van der Waals surface area contributed by atoms with Crippen molar-refractivity contribution < 1.29 is 0 Å². The van der Waals surface area contributed by atoms with E-state index in [1.165, 1.54) is 32.1 Å². The Morgan fingerprint density at radius 2 is 2.08 bits per heavy atom. The lowest BCUT2D eigenvalue weighted by Gasteiger charge is -2.23. The minimum absolute atomic E-state index is 0.605. The van der Waals surface area contributed by atoms with E-state index in [9.17, 15) is 0 Å². The van der Waals surface area contributed by atoms with Gasteiger partial charge < -0.3 is 4.57 Å². The van der Waals surface area contributed by atoms with Crippen LogP contribution in [0.5, 0.6) is 0 Å². The Kier molecular flexibility index (Phi) is 2.35. The highest BCUT2D eigenvalue weighted by Gasteiger charge is 2.16. The molecular formula is C9H13ClN2. The molecule has 0 radical (unpaired) electrons. The summed E-state index contributed by atoms with van der Waals surface area (Å²) in [6, 6.07) is 0.605. The Bertz CT molecular complexity index is 251. The third-order valence-corrected chi connectivity index (χ3v) is 2.88. The smallest absolute Gasteiger partial charge is 0.202 e. The number of halogens is 1. The third-order valence-electron chi connectivity index (χ3n) is 2.59. The molecule has 3 heteroatoms. The fourth-order valence-electron chi connectivity index (χ4n) is 1.93. The van der Waals surface area contributed by atoms with Crippen molar-refractivity contribution in [2.75, 3.05) is 0 Å². The Morgan fingerprint density at radius 1 is 1.33 bits per heavy atom. The second kappa shape index (κ2) is 3.48. The van der Waals surface area contributed by atoms with E-state index in [-0.39, 0.29) is 0 Å². The van der Waals surface area contributed by atoms with Gasteiger partial charge in [0.25, 0.3) is 0 Å². The number of hydrogen-bond donors (Lipinski definition) is 0. The summed E-state index contributed by atoms with van der Waals surface area (Å²) >= 11 is 5.92. The van der Waals surface area contributed by atoms with Crippen molar-refractivity contribution in [3.05, 3.63) is 17.7 Å². The third kappa shape index (κ3) is 1.48. The number of rotatable bonds is 1. The predicted molar refractivity (Wildman–Crippen MR) is 49.4 cm³/mol. The van der Waals surface area contributed by atoms with Gasteiger partial charge in [-0.1, -0.05) is 19.3 Å². The first-order valence-corrected chi connectivity index (χ1v) is 4.94. The zero-order valence-electron chi connectivity index (χ0n) is 7.04. The van der Waals surface area contributed by atoms with Crippen LogP contribution >= 0.6 is 11.6 Å². The van der Waals surface area contributed by atoms with Crippen LogP contribution in [0.3, 0.4) is 0 Å². The van der Waals surface area contributed by atoms with Crippen LogP contribution in [-0.2, 0) is 0 Å². The molecule has 66 valence electrons. The summed E-state index contributed by atoms with van der Waals surface area (Å²) in [6.45, 7) is 0. The summed E-state index contributed by atoms with van der Waals surface area (Å²) in [5.41, 5.74) is 0. The molecular weight excluding hydrogens is 172 g/mol. The summed E-state index contributed by atoms with van der Waals surface area (Å²) in [5, 5.41) is 0.641. The molecule has 1 fully saturated rings. The van der Waals surface area contributed by atoms with Crippen molar-refractivity contribution in [1.82, 2.24) is 9.55 Å². The Balaban J connectivity index is 2.13. The standard InChI is InChI=1S/C9H13ClN2/c10-9-11-6-7-12(9)8-4-2-1-3-5-8/h6-8H,1-5H2. The van der Waals surface area contributed by atoms with Gasteiger partial charge in [-0.2, -0.15) is 0 Å². The normalized spacial score (nSPS) is 19.8. The van der Waals surface area contributed by atoms with Crippen LogP contribution in [0, 0.1) is 0 Å². The number of hydrogen-bond acceptors (Lipinski definition) is 1. The fraction of sp³-hybridized carbons (Fsp3) is 0.667. The maximum Gasteiger partial charge on any atom is 0.202 e. The van der Waals surface area contributed by atoms with Gasteiger partial charge in [0.1, 0.15) is 0 Å². The maximum atomic E-state index is 5.92. The summed E-state index contributed by atoms with van der Waals surface area (Å²) in [7, 11) is 0. The Hall–Kier alpha value is -0.500. The molecule has 0 aromatic carbocycles. The SMILES string of the molecule is Clc1nccn1C1CCCCC1. The molecule has 0 aliphatic heterocycles. The molecule has 1 aliphatic rings. The molecule has 0 unspecified atom stereocenters. The largest absolute Gasteiger partial charge is 0.319 e. The lowest BCUT2D eigenvalue weighted by Crippen LogP contribution is -2.11. The topological polar surface area (TPSA) is 17.8 Å². The number of aromatic nitrogens is 2. The van der Waals surface area contributed by atoms with E-state index in [4.69, 9.17) is 11.6 Å². The van der Waals surface area contributed by atoms with Crippen molar-refractivity contribution in [2.24, 2.45) is 0 Å². The average molecular weight is 185 g/mol. The first-order chi connectivity index (χ1) is 5.88. The molecule has 1 aromatic heterocycles. The number of imidazole rings is 1. The second-order valence-electron chi connectivity index (χ2n) is 3.40. The van der Waals surface area contributed by atoms with E-state index < -0.39 is 0 Å². The van der Waals surface area contributed by atoms with Crippen LogP contribution in [0.2, 0.25) is 5.28 Å². The van der Waals surface area contributed by atoms with Crippen molar-refractivity contribution in [1.29, 1.82) is 0 Å². The fourth-order valence-corrected chi connectivity index (χ4v) is 2.18. The molecule has 1 aliphatic carbocycles. The first kappa shape index (κ1) is 8.11. The molecule has 12 heavy (non-hydrogen) atoms. The zero-order chi connectivity index (χ0) is 8.39. The van der Waals surface area contributed by atoms with Gasteiger partial charge in [0.2, 0.25) is 5.28 Å². The van der Waals surface area contributed by atoms with Gasteiger partial charge in [-0.25, -0.2) is 4.98 Å². The van der Waals surface area contributed by atoms with Crippen LogP contribution in [0.15, 0.2) is 12.4 Å². The summed E-state index contributed by atoms with van der Waals surface area (Å²) in [6.07, 6.45) is 10.3. The van der Waals surface area contributed by atoms with Gasteiger partial charge in [-0.05, 0) is 24.4 Å². The molecule has 1 heterocycles. The van der Waals surface area contributed by atoms with Gasteiger partial charge in [0, 0.05) is 18.4 Å². The highest BCUT2D eigenvalue weighted by molar-refractivity contribution is 6.28. The highest BCUT2D eigenvalue weighted by atomic mass is 35.5. The van der Waals surface area contributed by atoms with E-state index in [2.05, 4.69) is 9.55 Å². The Morgan fingerprint density at radius 3 is 2.67 bits per heavy atom. The van der Waals surface area contributed by atoms with Gasteiger partial charge in [0.15, 0.2) is 0 Å². The monoisotopic (exact) mass is 184 g/mol. The predicted octanol–water partition coefficient (Wildman–Crippen LogP) is 3.04. The lowest BCUT2D eigenvalue weighted by atomic mass is 9.95. The van der Waals surface area contributed by atoms with Crippen molar-refractivity contribution >= 4 is 11.6 Å². The quantitative estimate of drug-likeness (QED) is 0.656. The van der Waals surface area contributed by atoms with Crippen molar-refractivity contribution in [3.8, 4) is 0 Å². The summed E-state index contributed by atoms with van der Waals surface area (Å²) in [4.78, 5) is 4.02. The maximum absolute atomic E-state index is 5.92. The minimum Gasteiger partial charge on any atom is -0.319 e. The van der Waals surface area contributed by atoms with Crippen LogP contribution in [0.1, 0.15) is 38.1 Å². The second-order valence-corrected chi connectivity index (χ2v) is 3.73. The molecule has 0 amide bonds. The van der Waals surface area contributed by atoms with Gasteiger partial charge in [0.05, 0.1) is 0 Å². The van der Waals surface area contributed by atoms with E-state index in [0.717, 1.165) is 0 Å². The van der Waals surface area contributed by atoms with Crippen LogP contribution in [-0.4, -0.2) is 9.55 Å². The van der Waals surface area contributed by atoms with E-state index in [1.54, 1.807) is 6.20 Å². The molecule has 0 atom stereocenters. The van der Waals surface area contributed by atoms with Crippen LogP contribution in [0.25, 0.3) is 0 Å². The Labute approximate surface area is 77.6 Å². The van der Waals surface area contributed by atoms with Crippen LogP contribution < -0.4 is 0 Å². The molecule has 2 nitrogen and oxygen atoms in total. The molecule has 0 saturated heterocycles. The molecule has 0 N–H and O–H groups in total. The number of nitrogens with zero attached hydrogens (tertiary/aromatic N) is 2. The minimum atomic E-state index is 0.605. The van der Waals surface area contributed by atoms with Crippen LogP contribution in [0.4, 0.5) is 0 Å². The first-order valence-electron chi connectivity index (χ1n) is 4.56. The molecule has 0 bridgehead atoms. The average Bonchev–Trinajstić information content (AvgIpc) is 2.53. The van der Waals surface area contributed by atoms with Crippen molar-refractivity contribution in [3.63, 3.8) is 0 Å². The zero-order valence-corrected chi connectivity index (χ0v) is 7.80. The van der Waals surface area contributed by atoms with Gasteiger partial charge in [-0.15, -0.1) is 0 Å². The van der Waals surface area contributed by atoms with E-state index in [0.29, 0.717) is 11.3 Å². The van der Waals surface area contributed by atoms with E-state index in [1.807, 2.05) is 6.20 Å². The lowest BCUT2D eigenvalue weighted by molar-refractivity contribution is 0.353. The van der Waals surface area contributed by atoms with Crippen molar-refractivity contribution in [2.45, 2.75) is 38.1 Å². The summed E-state index contributed by atoms with van der Waals surface area (Å²) in [5.74, 6) is 0. The molecule has 1 saturated carbocycles.